The van der Waals surface area contributed by atoms with Gasteiger partial charge in [-0.3, -0.25) is 10.1 Å². The van der Waals surface area contributed by atoms with Crippen LogP contribution >= 0.6 is 11.5 Å². The van der Waals surface area contributed by atoms with Crippen molar-refractivity contribution >= 4 is 28.5 Å². The number of carboxylic acids is 1. The third-order valence-corrected chi connectivity index (χ3v) is 2.54. The van der Waals surface area contributed by atoms with Crippen LogP contribution in [0.25, 0.3) is 0 Å². The molecule has 0 aliphatic carbocycles. The number of nitrogens with one attached hydrogen (secondary N) is 2. The summed E-state index contributed by atoms with van der Waals surface area (Å²) in [6, 6.07) is 0. The van der Waals surface area contributed by atoms with Crippen molar-refractivity contribution in [3.05, 3.63) is 23.5 Å². The Morgan fingerprint density at radius 1 is 1.53 bits per heavy atom. The Morgan fingerprint density at radius 2 is 2.29 bits per heavy atom. The molecular weight excluding hydrogens is 246 g/mol. The van der Waals surface area contributed by atoms with Crippen LogP contribution in [0, 0.1) is 6.92 Å². The number of carbonyl (C=O) groups is 2. The molecule has 0 atom stereocenters. The number of hydrogen-bond acceptors (Lipinski definition) is 6. The van der Waals surface area contributed by atoms with Crippen LogP contribution in [-0.4, -0.2) is 36.3 Å². The van der Waals surface area contributed by atoms with Gasteiger partial charge in [-0.15, -0.1) is 0 Å². The first-order valence-corrected chi connectivity index (χ1v) is 5.23. The van der Waals surface area contributed by atoms with Gasteiger partial charge in [0, 0.05) is 11.5 Å². The first-order chi connectivity index (χ1) is 8.08. The van der Waals surface area contributed by atoms with E-state index in [9.17, 15) is 9.59 Å². The number of carbonyl (C=O) groups excluding carboxylic acids is 1. The maximum atomic E-state index is 11.7. The van der Waals surface area contributed by atoms with Gasteiger partial charge in [-0.05, 0) is 6.92 Å². The number of aromatic amines is 1. The van der Waals surface area contributed by atoms with Crippen LogP contribution in [0.15, 0.2) is 6.33 Å². The minimum absolute atomic E-state index is 0.189. The molecule has 0 bridgehead atoms. The maximum absolute atomic E-state index is 11.7. The fraction of sp³-hybridized carbons (Fsp3) is 0.125. The Balaban J connectivity index is 2.20. The van der Waals surface area contributed by atoms with Gasteiger partial charge in [-0.2, -0.15) is 4.37 Å². The van der Waals surface area contributed by atoms with E-state index in [1.54, 1.807) is 6.92 Å². The monoisotopic (exact) mass is 253 g/mol. The zero-order valence-electron chi connectivity index (χ0n) is 8.59. The minimum Gasteiger partial charge on any atom is -0.477 e. The first-order valence-electron chi connectivity index (χ1n) is 4.46. The standard InChI is InChI=1S/C8H7N5O3S/c1-3-11-8(17-13-3)12-6(14)4-5(7(15)16)10-2-9-4/h2H,1H3,(H,9,10)(H,15,16)(H,11,12,13,14). The third-order valence-electron chi connectivity index (χ3n) is 1.82. The Morgan fingerprint density at radius 3 is 2.88 bits per heavy atom. The summed E-state index contributed by atoms with van der Waals surface area (Å²) in [6.45, 7) is 1.68. The van der Waals surface area contributed by atoms with E-state index in [1.165, 1.54) is 0 Å². The van der Waals surface area contributed by atoms with Crippen molar-refractivity contribution < 1.29 is 14.7 Å². The lowest BCUT2D eigenvalue weighted by Crippen LogP contribution is -2.16. The number of aromatic carboxylic acids is 1. The molecule has 88 valence electrons. The SMILES string of the molecule is Cc1nsc(NC(=O)c2nc[nH]c2C(=O)O)n1. The number of amides is 1. The van der Waals surface area contributed by atoms with Crippen LogP contribution in [0.3, 0.4) is 0 Å². The molecule has 0 radical (unpaired) electrons. The molecule has 1 amide bonds. The summed E-state index contributed by atoms with van der Waals surface area (Å²) in [4.78, 5) is 32.4. The highest BCUT2D eigenvalue weighted by molar-refractivity contribution is 7.09. The molecular formula is C8H7N5O3S. The highest BCUT2D eigenvalue weighted by Gasteiger charge is 2.20. The lowest BCUT2D eigenvalue weighted by atomic mass is 10.3. The lowest BCUT2D eigenvalue weighted by Gasteiger charge is -1.98. The number of aromatic nitrogens is 4. The number of imidazole rings is 1. The van der Waals surface area contributed by atoms with Crippen LogP contribution in [-0.2, 0) is 0 Å². The summed E-state index contributed by atoms with van der Waals surface area (Å²) in [5, 5.41) is 11.5. The molecule has 0 aliphatic heterocycles. The van der Waals surface area contributed by atoms with Gasteiger partial charge in [-0.25, -0.2) is 14.8 Å². The molecule has 2 aromatic rings. The molecule has 2 heterocycles. The van der Waals surface area contributed by atoms with Gasteiger partial charge in [0.25, 0.3) is 5.91 Å². The molecule has 0 aromatic carbocycles. The Kier molecular flexibility index (Phi) is 2.83. The number of hydrogen-bond donors (Lipinski definition) is 3. The average Bonchev–Trinajstić information content (AvgIpc) is 2.86. The Hall–Kier alpha value is -2.29. The number of nitrogens with zero attached hydrogens (tertiary/aromatic N) is 3. The number of rotatable bonds is 3. The topological polar surface area (TPSA) is 121 Å². The van der Waals surface area contributed by atoms with Gasteiger partial charge in [0.05, 0.1) is 6.33 Å². The molecule has 0 saturated carbocycles. The number of carboxylic acid groups (broad SMARTS) is 1. The molecule has 2 rings (SSSR count). The average molecular weight is 253 g/mol. The van der Waals surface area contributed by atoms with Crippen LogP contribution in [0.5, 0.6) is 0 Å². The molecule has 0 saturated heterocycles. The van der Waals surface area contributed by atoms with Crippen LogP contribution < -0.4 is 5.32 Å². The molecule has 17 heavy (non-hydrogen) atoms. The second kappa shape index (κ2) is 4.29. The summed E-state index contributed by atoms with van der Waals surface area (Å²) in [7, 11) is 0. The predicted octanol–water partition coefficient (Wildman–Crippen LogP) is 0.520. The van der Waals surface area contributed by atoms with Crippen LogP contribution in [0.2, 0.25) is 0 Å². The van der Waals surface area contributed by atoms with E-state index >= 15 is 0 Å². The number of anilines is 1. The van der Waals surface area contributed by atoms with Crippen molar-refractivity contribution in [1.29, 1.82) is 0 Å². The fourth-order valence-electron chi connectivity index (χ4n) is 1.13. The van der Waals surface area contributed by atoms with Gasteiger partial charge in [-0.1, -0.05) is 0 Å². The first kappa shape index (κ1) is 11.2. The molecule has 0 spiro atoms. The molecule has 0 fully saturated rings. The van der Waals surface area contributed by atoms with Gasteiger partial charge < -0.3 is 10.1 Å². The zero-order chi connectivity index (χ0) is 12.4. The summed E-state index contributed by atoms with van der Waals surface area (Å²) in [5.74, 6) is -1.35. The maximum Gasteiger partial charge on any atom is 0.354 e. The molecule has 9 heteroatoms. The van der Waals surface area contributed by atoms with E-state index in [-0.39, 0.29) is 11.4 Å². The van der Waals surface area contributed by atoms with Crippen molar-refractivity contribution in [2.45, 2.75) is 6.92 Å². The summed E-state index contributed by atoms with van der Waals surface area (Å²) in [6.07, 6.45) is 1.14. The summed E-state index contributed by atoms with van der Waals surface area (Å²) in [5.41, 5.74) is -0.450. The second-order valence-corrected chi connectivity index (χ2v) is 3.78. The van der Waals surface area contributed by atoms with Gasteiger partial charge >= 0.3 is 5.97 Å². The lowest BCUT2D eigenvalue weighted by molar-refractivity contribution is 0.0686. The Labute approximate surface area is 98.9 Å². The number of aryl methyl sites for hydroxylation is 1. The van der Waals surface area contributed by atoms with Crippen LogP contribution in [0.1, 0.15) is 26.8 Å². The van der Waals surface area contributed by atoms with E-state index in [0.717, 1.165) is 17.9 Å². The largest absolute Gasteiger partial charge is 0.477 e. The molecule has 2 aromatic heterocycles. The van der Waals surface area contributed by atoms with Crippen molar-refractivity contribution in [2.24, 2.45) is 0 Å². The van der Waals surface area contributed by atoms with E-state index in [2.05, 4.69) is 24.6 Å². The Bertz CT molecular complexity index is 575. The van der Waals surface area contributed by atoms with Crippen molar-refractivity contribution in [3.8, 4) is 0 Å². The molecule has 0 unspecified atom stereocenters. The number of H-pyrrole nitrogens is 1. The predicted molar refractivity (Wildman–Crippen MR) is 58.1 cm³/mol. The van der Waals surface area contributed by atoms with Gasteiger partial charge in [0.1, 0.15) is 5.82 Å². The van der Waals surface area contributed by atoms with Gasteiger partial charge in [0.15, 0.2) is 11.4 Å². The zero-order valence-corrected chi connectivity index (χ0v) is 9.41. The van der Waals surface area contributed by atoms with Crippen molar-refractivity contribution in [3.63, 3.8) is 0 Å². The smallest absolute Gasteiger partial charge is 0.354 e. The van der Waals surface area contributed by atoms with Crippen LogP contribution in [0.4, 0.5) is 5.13 Å². The highest BCUT2D eigenvalue weighted by Crippen LogP contribution is 2.12. The quantitative estimate of drug-likeness (QED) is 0.733. The van der Waals surface area contributed by atoms with Crippen molar-refractivity contribution in [1.82, 2.24) is 19.3 Å². The molecule has 3 N–H and O–H groups in total. The molecule has 8 nitrogen and oxygen atoms in total. The van der Waals surface area contributed by atoms with E-state index in [1.807, 2.05) is 0 Å². The van der Waals surface area contributed by atoms with E-state index < -0.39 is 11.9 Å². The summed E-state index contributed by atoms with van der Waals surface area (Å²) < 4.78 is 3.88. The van der Waals surface area contributed by atoms with E-state index in [0.29, 0.717) is 11.0 Å². The van der Waals surface area contributed by atoms with Crippen molar-refractivity contribution in [2.75, 3.05) is 5.32 Å². The summed E-state index contributed by atoms with van der Waals surface area (Å²) >= 11 is 1.01. The third kappa shape index (κ3) is 2.28. The minimum atomic E-state index is -1.25. The van der Waals surface area contributed by atoms with Gasteiger partial charge in [0.2, 0.25) is 5.13 Å². The molecule has 0 aliphatic rings. The highest BCUT2D eigenvalue weighted by atomic mass is 32.1. The second-order valence-electron chi connectivity index (χ2n) is 3.03. The van der Waals surface area contributed by atoms with E-state index in [4.69, 9.17) is 5.11 Å². The normalized spacial score (nSPS) is 10.2. The fourth-order valence-corrected chi connectivity index (χ4v) is 1.70.